The quantitative estimate of drug-likeness (QED) is 0.558. The second-order valence-electron chi connectivity index (χ2n) is 6.02. The number of carboxylic acid groups (broad SMARTS) is 1. The van der Waals surface area contributed by atoms with Crippen molar-refractivity contribution in [1.29, 1.82) is 0 Å². The van der Waals surface area contributed by atoms with Crippen molar-refractivity contribution in [2.75, 3.05) is 0 Å². The SMILES string of the molecule is CC(=O)Oc1c(/C=C/C(=O)O)n(Cc2ccccc2)c2c(C)cccc12. The lowest BCUT2D eigenvalue weighted by atomic mass is 10.1. The fourth-order valence-electron chi connectivity index (χ4n) is 3.08. The molecule has 0 aliphatic carbocycles. The maximum atomic E-state index is 11.6. The smallest absolute Gasteiger partial charge is 0.328 e. The highest BCUT2D eigenvalue weighted by Crippen LogP contribution is 2.36. The number of ether oxygens (including phenoxy) is 1. The molecule has 0 amide bonds. The largest absolute Gasteiger partial charge is 0.478 e. The van der Waals surface area contributed by atoms with E-state index < -0.39 is 11.9 Å². The van der Waals surface area contributed by atoms with Crippen molar-refractivity contribution in [3.63, 3.8) is 0 Å². The topological polar surface area (TPSA) is 68.5 Å². The fourth-order valence-corrected chi connectivity index (χ4v) is 3.08. The summed E-state index contributed by atoms with van der Waals surface area (Å²) >= 11 is 0. The molecule has 5 nitrogen and oxygen atoms in total. The molecule has 0 fully saturated rings. The van der Waals surface area contributed by atoms with Crippen molar-refractivity contribution in [2.24, 2.45) is 0 Å². The van der Waals surface area contributed by atoms with Gasteiger partial charge in [0.25, 0.3) is 0 Å². The Kier molecular flexibility index (Phi) is 4.89. The number of nitrogens with zero attached hydrogens (tertiary/aromatic N) is 1. The number of benzene rings is 2. The van der Waals surface area contributed by atoms with Crippen LogP contribution in [0.3, 0.4) is 0 Å². The number of hydrogen-bond acceptors (Lipinski definition) is 3. The highest BCUT2D eigenvalue weighted by atomic mass is 16.5. The monoisotopic (exact) mass is 349 g/mol. The van der Waals surface area contributed by atoms with Gasteiger partial charge in [-0.15, -0.1) is 0 Å². The Hall–Kier alpha value is -3.34. The van der Waals surface area contributed by atoms with Crippen molar-refractivity contribution < 1.29 is 19.4 Å². The van der Waals surface area contributed by atoms with Crippen molar-refractivity contribution in [3.05, 3.63) is 71.4 Å². The van der Waals surface area contributed by atoms with E-state index in [1.807, 2.05) is 60.0 Å². The van der Waals surface area contributed by atoms with Gasteiger partial charge >= 0.3 is 11.9 Å². The first-order valence-electron chi connectivity index (χ1n) is 8.22. The van der Waals surface area contributed by atoms with Crippen molar-refractivity contribution in [3.8, 4) is 5.75 Å². The molecule has 0 unspecified atom stereocenters. The number of para-hydroxylation sites is 1. The highest BCUT2D eigenvalue weighted by molar-refractivity contribution is 5.97. The van der Waals surface area contributed by atoms with Crippen LogP contribution >= 0.6 is 0 Å². The van der Waals surface area contributed by atoms with E-state index in [4.69, 9.17) is 9.84 Å². The van der Waals surface area contributed by atoms with Gasteiger partial charge in [-0.05, 0) is 30.2 Å². The Bertz CT molecular complexity index is 1000. The second kappa shape index (κ2) is 7.27. The van der Waals surface area contributed by atoms with Crippen molar-refractivity contribution >= 4 is 28.9 Å². The summed E-state index contributed by atoms with van der Waals surface area (Å²) in [4.78, 5) is 22.7. The van der Waals surface area contributed by atoms with Crippen LogP contribution in [0.15, 0.2) is 54.6 Å². The standard InChI is InChI=1S/C21H19NO4/c1-14-7-6-10-17-20(14)22(13-16-8-4-3-5-9-16)18(11-12-19(24)25)21(17)26-15(2)23/h3-12H,13H2,1-2H3,(H,24,25)/b12-11+. The molecule has 0 saturated heterocycles. The van der Waals surface area contributed by atoms with Crippen molar-refractivity contribution in [2.45, 2.75) is 20.4 Å². The molecule has 0 aliphatic rings. The molecule has 26 heavy (non-hydrogen) atoms. The molecule has 132 valence electrons. The van der Waals surface area contributed by atoms with E-state index in [2.05, 4.69) is 0 Å². The Labute approximate surface area is 151 Å². The summed E-state index contributed by atoms with van der Waals surface area (Å²) in [6, 6.07) is 15.6. The number of aliphatic carboxylic acids is 1. The van der Waals surface area contributed by atoms with E-state index in [0.29, 0.717) is 18.0 Å². The molecule has 0 bridgehead atoms. The van der Waals surface area contributed by atoms with E-state index >= 15 is 0 Å². The van der Waals surface area contributed by atoms with Crippen molar-refractivity contribution in [1.82, 2.24) is 4.57 Å². The van der Waals surface area contributed by atoms with Gasteiger partial charge in [-0.1, -0.05) is 42.5 Å². The van der Waals surface area contributed by atoms with Crippen LogP contribution in [-0.2, 0) is 16.1 Å². The molecule has 3 aromatic rings. The van der Waals surface area contributed by atoms with Gasteiger partial charge in [0, 0.05) is 24.9 Å². The first kappa shape index (κ1) is 17.5. The lowest BCUT2D eigenvalue weighted by molar-refractivity contribution is -0.132. The summed E-state index contributed by atoms with van der Waals surface area (Å²) < 4.78 is 7.44. The fraction of sp³-hybridized carbons (Fsp3) is 0.143. The molecule has 3 rings (SSSR count). The van der Waals surface area contributed by atoms with Crippen LogP contribution in [0.1, 0.15) is 23.7 Å². The summed E-state index contributed by atoms with van der Waals surface area (Å²) in [5.74, 6) is -1.13. The highest BCUT2D eigenvalue weighted by Gasteiger charge is 2.20. The molecule has 0 saturated carbocycles. The molecule has 0 aliphatic heterocycles. The van der Waals surface area contributed by atoms with E-state index in [1.165, 1.54) is 13.0 Å². The number of aromatic nitrogens is 1. The number of hydrogen-bond donors (Lipinski definition) is 1. The van der Waals surface area contributed by atoms with Gasteiger partial charge in [0.2, 0.25) is 0 Å². The zero-order chi connectivity index (χ0) is 18.7. The number of rotatable bonds is 5. The van der Waals surface area contributed by atoms with Crippen LogP contribution in [0.2, 0.25) is 0 Å². The van der Waals surface area contributed by atoms with Gasteiger partial charge < -0.3 is 14.4 Å². The van der Waals surface area contributed by atoms with Crippen LogP contribution < -0.4 is 4.74 Å². The molecule has 1 aromatic heterocycles. The zero-order valence-corrected chi connectivity index (χ0v) is 14.6. The molecule has 0 atom stereocenters. The molecular weight excluding hydrogens is 330 g/mol. The molecule has 1 N–H and O–H groups in total. The third-order valence-corrected chi connectivity index (χ3v) is 4.09. The molecular formula is C21H19NO4. The minimum atomic E-state index is -1.06. The third-order valence-electron chi connectivity index (χ3n) is 4.09. The summed E-state index contributed by atoms with van der Waals surface area (Å²) in [6.07, 6.45) is 2.53. The predicted molar refractivity (Wildman–Crippen MR) is 100 cm³/mol. The zero-order valence-electron chi connectivity index (χ0n) is 14.6. The molecule has 5 heteroatoms. The summed E-state index contributed by atoms with van der Waals surface area (Å²) in [5.41, 5.74) is 3.54. The number of carboxylic acids is 1. The summed E-state index contributed by atoms with van der Waals surface area (Å²) in [7, 11) is 0. The Morgan fingerprint density at radius 2 is 1.85 bits per heavy atom. The van der Waals surface area contributed by atoms with Crippen LogP contribution in [0.4, 0.5) is 0 Å². The van der Waals surface area contributed by atoms with E-state index in [-0.39, 0.29) is 0 Å². The first-order valence-corrected chi connectivity index (χ1v) is 8.22. The summed E-state index contributed by atoms with van der Waals surface area (Å²) in [5, 5.41) is 9.83. The van der Waals surface area contributed by atoms with Gasteiger partial charge in [-0.3, -0.25) is 4.79 Å². The van der Waals surface area contributed by atoms with Crippen LogP contribution in [0.25, 0.3) is 17.0 Å². The molecule has 2 aromatic carbocycles. The summed E-state index contributed by atoms with van der Waals surface area (Å²) in [6.45, 7) is 3.84. The Morgan fingerprint density at radius 1 is 1.12 bits per heavy atom. The van der Waals surface area contributed by atoms with Gasteiger partial charge in [-0.25, -0.2) is 4.79 Å². The maximum absolute atomic E-state index is 11.6. The average Bonchev–Trinajstić information content (AvgIpc) is 2.88. The van der Waals surface area contributed by atoms with Gasteiger partial charge in [0.1, 0.15) is 0 Å². The maximum Gasteiger partial charge on any atom is 0.328 e. The average molecular weight is 349 g/mol. The Morgan fingerprint density at radius 3 is 2.50 bits per heavy atom. The number of fused-ring (bicyclic) bond motifs is 1. The van der Waals surface area contributed by atoms with E-state index in [9.17, 15) is 9.59 Å². The van der Waals surface area contributed by atoms with E-state index in [1.54, 1.807) is 0 Å². The predicted octanol–water partition coefficient (Wildman–Crippen LogP) is 4.02. The lowest BCUT2D eigenvalue weighted by Gasteiger charge is -2.10. The minimum Gasteiger partial charge on any atom is -0.478 e. The van der Waals surface area contributed by atoms with Gasteiger partial charge in [0.05, 0.1) is 11.2 Å². The first-order chi connectivity index (χ1) is 12.5. The van der Waals surface area contributed by atoms with Crippen LogP contribution in [0, 0.1) is 6.92 Å². The Balaban J connectivity index is 2.29. The molecule has 1 heterocycles. The molecule has 0 radical (unpaired) electrons. The lowest BCUT2D eigenvalue weighted by Crippen LogP contribution is -2.06. The van der Waals surface area contributed by atoms with Gasteiger partial charge in [0.15, 0.2) is 5.75 Å². The minimum absolute atomic E-state index is 0.379. The number of esters is 1. The third kappa shape index (κ3) is 3.52. The number of carbonyl (C=O) groups excluding carboxylic acids is 1. The number of aryl methyl sites for hydroxylation is 1. The normalized spacial score (nSPS) is 11.2. The van der Waals surface area contributed by atoms with Gasteiger partial charge in [-0.2, -0.15) is 0 Å². The number of carbonyl (C=O) groups is 2. The van der Waals surface area contributed by atoms with Crippen LogP contribution in [-0.4, -0.2) is 21.6 Å². The van der Waals surface area contributed by atoms with E-state index in [0.717, 1.165) is 28.1 Å². The second-order valence-corrected chi connectivity index (χ2v) is 6.02. The molecule has 0 spiro atoms. The van der Waals surface area contributed by atoms with Crippen LogP contribution in [0.5, 0.6) is 5.75 Å².